The Hall–Kier alpha value is -1.19. The van der Waals surface area contributed by atoms with Crippen LogP contribution in [0, 0.1) is 6.92 Å². The first kappa shape index (κ1) is 14.2. The number of methoxy groups -OCH3 is 1. The second-order valence-electron chi connectivity index (χ2n) is 4.27. The number of halogens is 2. The molecule has 4 heteroatoms. The van der Waals surface area contributed by atoms with Crippen LogP contribution in [0.4, 0.5) is 5.69 Å². The summed E-state index contributed by atoms with van der Waals surface area (Å²) in [6, 6.07) is 11.8. The summed E-state index contributed by atoms with van der Waals surface area (Å²) in [5, 5.41) is 4.11. The molecule has 0 saturated heterocycles. The van der Waals surface area contributed by atoms with E-state index >= 15 is 0 Å². The molecule has 0 aliphatic rings. The van der Waals surface area contributed by atoms with E-state index in [1.807, 2.05) is 24.3 Å². The summed E-state index contributed by atoms with van der Waals surface area (Å²) in [4.78, 5) is 0. The van der Waals surface area contributed by atoms with Gasteiger partial charge in [-0.1, -0.05) is 27.5 Å². The monoisotopic (exact) mass is 339 g/mol. The molecule has 1 N–H and O–H groups in total. The number of hydrogen-bond acceptors (Lipinski definition) is 2. The Kier molecular flexibility index (Phi) is 4.72. The normalized spacial score (nSPS) is 10.3. The molecule has 2 aromatic rings. The first-order valence-corrected chi connectivity index (χ1v) is 7.09. The topological polar surface area (TPSA) is 21.3 Å². The number of hydrogen-bond donors (Lipinski definition) is 1. The van der Waals surface area contributed by atoms with Gasteiger partial charge in [-0.2, -0.15) is 0 Å². The first-order valence-electron chi connectivity index (χ1n) is 5.92. The van der Waals surface area contributed by atoms with Crippen LogP contribution in [0.3, 0.4) is 0 Å². The Balaban J connectivity index is 2.16. The second kappa shape index (κ2) is 6.31. The fourth-order valence-electron chi connectivity index (χ4n) is 1.90. The quantitative estimate of drug-likeness (QED) is 0.842. The van der Waals surface area contributed by atoms with Crippen LogP contribution in [0.2, 0.25) is 5.02 Å². The van der Waals surface area contributed by atoms with Crippen LogP contribution in [0.5, 0.6) is 5.75 Å². The highest BCUT2D eigenvalue weighted by Crippen LogP contribution is 2.25. The molecule has 0 spiro atoms. The predicted molar refractivity (Wildman–Crippen MR) is 84.2 cm³/mol. The van der Waals surface area contributed by atoms with Gasteiger partial charge >= 0.3 is 0 Å². The van der Waals surface area contributed by atoms with Crippen molar-refractivity contribution in [3.05, 3.63) is 57.0 Å². The van der Waals surface area contributed by atoms with Gasteiger partial charge in [-0.3, -0.25) is 0 Å². The molecular formula is C15H15BrClNO. The predicted octanol–water partition coefficient (Wildman–Crippen LogP) is 5.03. The Morgan fingerprint density at radius 2 is 2.00 bits per heavy atom. The van der Waals surface area contributed by atoms with Gasteiger partial charge in [-0.25, -0.2) is 0 Å². The molecule has 2 nitrogen and oxygen atoms in total. The van der Waals surface area contributed by atoms with Crippen molar-refractivity contribution in [3.8, 4) is 5.75 Å². The summed E-state index contributed by atoms with van der Waals surface area (Å²) in [6.45, 7) is 2.74. The van der Waals surface area contributed by atoms with Crippen molar-refractivity contribution in [2.24, 2.45) is 0 Å². The first-order chi connectivity index (χ1) is 9.10. The minimum absolute atomic E-state index is 0.673. The summed E-state index contributed by atoms with van der Waals surface area (Å²) in [6.07, 6.45) is 0. The average Bonchev–Trinajstić information content (AvgIpc) is 2.38. The number of ether oxygens (including phenoxy) is 1. The van der Waals surface area contributed by atoms with Gasteiger partial charge in [0.2, 0.25) is 0 Å². The molecule has 0 atom stereocenters. The zero-order chi connectivity index (χ0) is 13.8. The summed E-state index contributed by atoms with van der Waals surface area (Å²) < 4.78 is 6.41. The van der Waals surface area contributed by atoms with Crippen molar-refractivity contribution < 1.29 is 4.74 Å². The molecule has 0 radical (unpaired) electrons. The number of rotatable bonds is 4. The lowest BCUT2D eigenvalue weighted by Crippen LogP contribution is -2.03. The van der Waals surface area contributed by atoms with E-state index in [1.165, 1.54) is 5.56 Å². The van der Waals surface area contributed by atoms with Gasteiger partial charge in [0.15, 0.2) is 0 Å². The average molecular weight is 341 g/mol. The van der Waals surface area contributed by atoms with Crippen LogP contribution in [0.1, 0.15) is 11.1 Å². The van der Waals surface area contributed by atoms with Gasteiger partial charge < -0.3 is 10.1 Å². The van der Waals surface area contributed by atoms with Crippen LogP contribution >= 0.6 is 27.5 Å². The van der Waals surface area contributed by atoms with Gasteiger partial charge in [0, 0.05) is 27.3 Å². The van der Waals surface area contributed by atoms with Gasteiger partial charge in [-0.15, -0.1) is 0 Å². The molecule has 2 rings (SSSR count). The van der Waals surface area contributed by atoms with Crippen molar-refractivity contribution in [1.29, 1.82) is 0 Å². The summed E-state index contributed by atoms with van der Waals surface area (Å²) in [5.74, 6) is 0.840. The molecule has 0 aromatic heterocycles. The van der Waals surface area contributed by atoms with Crippen molar-refractivity contribution in [2.75, 3.05) is 12.4 Å². The van der Waals surface area contributed by atoms with E-state index in [4.69, 9.17) is 16.3 Å². The van der Waals surface area contributed by atoms with Gasteiger partial charge in [0.1, 0.15) is 5.75 Å². The Morgan fingerprint density at radius 3 is 2.68 bits per heavy atom. The summed E-state index contributed by atoms with van der Waals surface area (Å²) in [7, 11) is 1.66. The molecule has 19 heavy (non-hydrogen) atoms. The standard InChI is InChI=1S/C15H15BrClNO/c1-10-7-12(16)3-5-14(10)18-9-11-8-13(17)4-6-15(11)19-2/h3-8,18H,9H2,1-2H3. The largest absolute Gasteiger partial charge is 0.496 e. The zero-order valence-electron chi connectivity index (χ0n) is 10.8. The molecule has 0 amide bonds. The zero-order valence-corrected chi connectivity index (χ0v) is 13.2. The molecule has 0 unspecified atom stereocenters. The van der Waals surface area contributed by atoms with Gasteiger partial charge in [-0.05, 0) is 48.9 Å². The number of benzene rings is 2. The van der Waals surface area contributed by atoms with E-state index in [0.29, 0.717) is 11.6 Å². The van der Waals surface area contributed by atoms with E-state index in [2.05, 4.69) is 40.3 Å². The molecule has 0 bridgehead atoms. The fraction of sp³-hybridized carbons (Fsp3) is 0.200. The van der Waals surface area contributed by atoms with Crippen molar-refractivity contribution in [2.45, 2.75) is 13.5 Å². The van der Waals surface area contributed by atoms with Crippen molar-refractivity contribution in [1.82, 2.24) is 0 Å². The highest BCUT2D eigenvalue weighted by molar-refractivity contribution is 9.10. The maximum Gasteiger partial charge on any atom is 0.123 e. The number of nitrogens with one attached hydrogen (secondary N) is 1. The lowest BCUT2D eigenvalue weighted by Gasteiger charge is -2.13. The van der Waals surface area contributed by atoms with Crippen molar-refractivity contribution in [3.63, 3.8) is 0 Å². The van der Waals surface area contributed by atoms with E-state index in [1.54, 1.807) is 7.11 Å². The highest BCUT2D eigenvalue weighted by atomic mass is 79.9. The third-order valence-electron chi connectivity index (χ3n) is 2.90. The summed E-state index contributed by atoms with van der Waals surface area (Å²) >= 11 is 9.48. The minimum Gasteiger partial charge on any atom is -0.496 e. The van der Waals surface area contributed by atoms with Crippen LogP contribution in [0.25, 0.3) is 0 Å². The second-order valence-corrected chi connectivity index (χ2v) is 5.62. The molecule has 0 fully saturated rings. The van der Waals surface area contributed by atoms with Crippen LogP contribution in [0.15, 0.2) is 40.9 Å². The molecule has 0 aliphatic carbocycles. The lowest BCUT2D eigenvalue weighted by atomic mass is 10.1. The van der Waals surface area contributed by atoms with Crippen molar-refractivity contribution >= 4 is 33.2 Å². The Bertz CT molecular complexity index is 586. The third kappa shape index (κ3) is 3.64. The highest BCUT2D eigenvalue weighted by Gasteiger charge is 2.05. The van der Waals surface area contributed by atoms with Crippen LogP contribution < -0.4 is 10.1 Å². The number of aryl methyl sites for hydroxylation is 1. The SMILES string of the molecule is COc1ccc(Cl)cc1CNc1ccc(Br)cc1C. The Labute approximate surface area is 126 Å². The van der Waals surface area contributed by atoms with E-state index in [-0.39, 0.29) is 0 Å². The molecule has 0 heterocycles. The third-order valence-corrected chi connectivity index (χ3v) is 3.63. The van der Waals surface area contributed by atoms with E-state index in [0.717, 1.165) is 21.5 Å². The van der Waals surface area contributed by atoms with Crippen LogP contribution in [-0.4, -0.2) is 7.11 Å². The van der Waals surface area contributed by atoms with Gasteiger partial charge in [0.05, 0.1) is 7.11 Å². The number of anilines is 1. The maximum absolute atomic E-state index is 6.02. The fourth-order valence-corrected chi connectivity index (χ4v) is 2.57. The smallest absolute Gasteiger partial charge is 0.123 e. The van der Waals surface area contributed by atoms with Gasteiger partial charge in [0.25, 0.3) is 0 Å². The molecule has 2 aromatic carbocycles. The lowest BCUT2D eigenvalue weighted by molar-refractivity contribution is 0.410. The van der Waals surface area contributed by atoms with E-state index in [9.17, 15) is 0 Å². The minimum atomic E-state index is 0.673. The maximum atomic E-state index is 6.02. The molecular weight excluding hydrogens is 326 g/mol. The molecule has 0 aliphatic heterocycles. The molecule has 100 valence electrons. The van der Waals surface area contributed by atoms with Crippen LogP contribution in [-0.2, 0) is 6.54 Å². The van der Waals surface area contributed by atoms with E-state index < -0.39 is 0 Å². The summed E-state index contributed by atoms with van der Waals surface area (Å²) in [5.41, 5.74) is 3.33. The molecule has 0 saturated carbocycles. The Morgan fingerprint density at radius 1 is 1.21 bits per heavy atom.